The summed E-state index contributed by atoms with van der Waals surface area (Å²) in [6.07, 6.45) is 3.30. The summed E-state index contributed by atoms with van der Waals surface area (Å²) < 4.78 is 16.5. The standard InChI is InChI=1S/C37H47N7O6/c1-36(2,3)49-30(45)23-48-28-14-10-13-26(20-28)38-21-29-31-32(42-34(29)46)39-24-40-33(31)44-17-15-43(16-18-44)22-27(19-25-11-8-7-9-12-25)41-35(47)50-37(4,5)6/h7-14,20-21,24,27,29H,15-19,22-23H2,1-6H3,(H,41,47)(H,39,40,42,46)/t27-,29?/m1/s1. The van der Waals surface area contributed by atoms with Gasteiger partial charge in [0.1, 0.15) is 40.8 Å². The van der Waals surface area contributed by atoms with E-state index in [1.54, 1.807) is 51.3 Å². The zero-order valence-corrected chi connectivity index (χ0v) is 29.6. The van der Waals surface area contributed by atoms with Crippen LogP contribution in [0.3, 0.4) is 0 Å². The van der Waals surface area contributed by atoms with Crippen LogP contribution in [0.1, 0.15) is 58.6 Å². The number of aliphatic imine (C=N–C) groups is 1. The van der Waals surface area contributed by atoms with Gasteiger partial charge in [-0.3, -0.25) is 14.7 Å². The van der Waals surface area contributed by atoms with E-state index in [1.165, 1.54) is 6.33 Å². The third-order valence-corrected chi connectivity index (χ3v) is 7.86. The van der Waals surface area contributed by atoms with E-state index in [0.717, 1.165) is 18.7 Å². The molecule has 1 aromatic heterocycles. The highest BCUT2D eigenvalue weighted by Crippen LogP contribution is 2.37. The van der Waals surface area contributed by atoms with Gasteiger partial charge in [0.05, 0.1) is 11.3 Å². The quantitative estimate of drug-likeness (QED) is 0.211. The number of alkyl carbamates (subject to hydrolysis) is 1. The number of ether oxygens (including phenoxy) is 3. The van der Waals surface area contributed by atoms with Crippen LogP contribution in [0.5, 0.6) is 5.75 Å². The molecule has 0 saturated carbocycles. The molecule has 2 aromatic carbocycles. The topological polar surface area (TPSA) is 148 Å². The second-order valence-corrected chi connectivity index (χ2v) is 14.4. The molecule has 1 fully saturated rings. The van der Waals surface area contributed by atoms with E-state index in [1.807, 2.05) is 39.0 Å². The Bertz CT molecular complexity index is 1680. The van der Waals surface area contributed by atoms with Crippen molar-refractivity contribution in [1.29, 1.82) is 0 Å². The Hall–Kier alpha value is -5.04. The summed E-state index contributed by atoms with van der Waals surface area (Å²) in [6.45, 7) is 14.2. The lowest BCUT2D eigenvalue weighted by Gasteiger charge is -2.38. The number of nitrogens with one attached hydrogen (secondary N) is 2. The Balaban J connectivity index is 1.23. The van der Waals surface area contributed by atoms with E-state index in [9.17, 15) is 14.4 Å². The fourth-order valence-electron chi connectivity index (χ4n) is 5.81. The summed E-state index contributed by atoms with van der Waals surface area (Å²) in [5.41, 5.74) is 1.18. The number of anilines is 2. The lowest BCUT2D eigenvalue weighted by molar-refractivity contribution is -0.157. The molecule has 13 nitrogen and oxygen atoms in total. The second kappa shape index (κ2) is 15.7. The van der Waals surface area contributed by atoms with E-state index in [0.29, 0.717) is 54.7 Å². The number of nitrogens with zero attached hydrogens (tertiary/aromatic N) is 5. The van der Waals surface area contributed by atoms with Gasteiger partial charge in [-0.1, -0.05) is 36.4 Å². The molecule has 0 spiro atoms. The lowest BCUT2D eigenvalue weighted by Crippen LogP contribution is -2.53. The van der Waals surface area contributed by atoms with Crippen molar-refractivity contribution >= 4 is 41.5 Å². The Morgan fingerprint density at radius 3 is 2.40 bits per heavy atom. The molecule has 266 valence electrons. The number of rotatable bonds is 11. The van der Waals surface area contributed by atoms with Crippen LogP contribution in [-0.2, 0) is 25.5 Å². The number of hydrogen-bond donors (Lipinski definition) is 2. The summed E-state index contributed by atoms with van der Waals surface area (Å²) in [5.74, 6) is 0.209. The maximum atomic E-state index is 13.1. The Labute approximate surface area is 293 Å². The minimum absolute atomic E-state index is 0.147. The molecule has 0 radical (unpaired) electrons. The average Bonchev–Trinajstić information content (AvgIpc) is 3.37. The molecule has 0 aliphatic carbocycles. The van der Waals surface area contributed by atoms with E-state index >= 15 is 0 Å². The number of amides is 2. The molecular formula is C37H47N7O6. The highest BCUT2D eigenvalue weighted by Gasteiger charge is 2.36. The van der Waals surface area contributed by atoms with Gasteiger partial charge in [-0.25, -0.2) is 19.6 Å². The summed E-state index contributed by atoms with van der Waals surface area (Å²) in [7, 11) is 0. The SMILES string of the molecule is CC(C)(C)OC(=O)COc1cccc(N=CC2C(=O)Nc3ncnc(N4CCN(C[C@@H](Cc5ccccc5)NC(=O)OC(C)(C)C)CC4)c32)c1. The first-order valence-electron chi connectivity index (χ1n) is 16.9. The zero-order chi connectivity index (χ0) is 35.9. The molecule has 2 aliphatic rings. The number of aromatic nitrogens is 2. The number of piperazine rings is 1. The number of hydrogen-bond acceptors (Lipinski definition) is 11. The highest BCUT2D eigenvalue weighted by atomic mass is 16.6. The van der Waals surface area contributed by atoms with Gasteiger partial charge in [0.2, 0.25) is 5.91 Å². The van der Waals surface area contributed by atoms with Crippen LogP contribution < -0.4 is 20.3 Å². The van der Waals surface area contributed by atoms with Crippen molar-refractivity contribution in [2.75, 3.05) is 49.5 Å². The minimum atomic E-state index is -0.696. The van der Waals surface area contributed by atoms with Crippen molar-refractivity contribution in [3.63, 3.8) is 0 Å². The molecule has 2 aliphatic heterocycles. The number of benzene rings is 2. The van der Waals surface area contributed by atoms with Crippen LogP contribution in [0, 0.1) is 0 Å². The fraction of sp³-hybridized carbons (Fsp3) is 0.459. The lowest BCUT2D eigenvalue weighted by atomic mass is 10.0. The van der Waals surface area contributed by atoms with E-state index in [2.05, 4.69) is 47.5 Å². The van der Waals surface area contributed by atoms with Crippen LogP contribution in [0.2, 0.25) is 0 Å². The van der Waals surface area contributed by atoms with Crippen LogP contribution in [0.25, 0.3) is 0 Å². The van der Waals surface area contributed by atoms with Gasteiger partial charge in [0.15, 0.2) is 6.61 Å². The molecule has 1 saturated heterocycles. The maximum Gasteiger partial charge on any atom is 0.407 e. The summed E-state index contributed by atoms with van der Waals surface area (Å²) in [5, 5.41) is 5.95. The van der Waals surface area contributed by atoms with Gasteiger partial charge in [-0.15, -0.1) is 0 Å². The molecule has 50 heavy (non-hydrogen) atoms. The number of carbonyl (C=O) groups is 3. The van der Waals surface area contributed by atoms with Gasteiger partial charge < -0.3 is 29.7 Å². The highest BCUT2D eigenvalue weighted by molar-refractivity contribution is 6.13. The van der Waals surface area contributed by atoms with Gasteiger partial charge >= 0.3 is 12.1 Å². The van der Waals surface area contributed by atoms with E-state index < -0.39 is 29.2 Å². The molecule has 2 N–H and O–H groups in total. The van der Waals surface area contributed by atoms with Crippen LogP contribution in [0.4, 0.5) is 22.1 Å². The van der Waals surface area contributed by atoms with Crippen LogP contribution in [-0.4, -0.2) is 95.6 Å². The van der Waals surface area contributed by atoms with Gasteiger partial charge in [-0.05, 0) is 65.7 Å². The number of esters is 1. The molecule has 5 rings (SSSR count). The first-order valence-corrected chi connectivity index (χ1v) is 16.9. The first kappa shape index (κ1) is 36.2. The van der Waals surface area contributed by atoms with Crippen molar-refractivity contribution in [3.8, 4) is 5.75 Å². The van der Waals surface area contributed by atoms with Crippen LogP contribution in [0.15, 0.2) is 65.9 Å². The normalized spacial score (nSPS) is 17.2. The zero-order valence-electron chi connectivity index (χ0n) is 29.6. The third kappa shape index (κ3) is 10.5. The Morgan fingerprint density at radius 2 is 1.70 bits per heavy atom. The van der Waals surface area contributed by atoms with Gasteiger partial charge in [0, 0.05) is 51.0 Å². The van der Waals surface area contributed by atoms with Crippen molar-refractivity contribution in [2.24, 2.45) is 4.99 Å². The molecular weight excluding hydrogens is 638 g/mol. The van der Waals surface area contributed by atoms with Gasteiger partial charge in [0.25, 0.3) is 0 Å². The number of fused-ring (bicyclic) bond motifs is 1. The molecule has 3 heterocycles. The second-order valence-electron chi connectivity index (χ2n) is 14.4. The van der Waals surface area contributed by atoms with Crippen molar-refractivity contribution < 1.29 is 28.6 Å². The Kier molecular flexibility index (Phi) is 11.4. The van der Waals surface area contributed by atoms with E-state index in [-0.39, 0.29) is 18.6 Å². The molecule has 2 atom stereocenters. The van der Waals surface area contributed by atoms with Crippen molar-refractivity contribution in [1.82, 2.24) is 20.2 Å². The maximum absolute atomic E-state index is 13.1. The predicted molar refractivity (Wildman–Crippen MR) is 191 cm³/mol. The smallest absolute Gasteiger partial charge is 0.407 e. The summed E-state index contributed by atoms with van der Waals surface area (Å²) in [4.78, 5) is 56.0. The summed E-state index contributed by atoms with van der Waals surface area (Å²) >= 11 is 0. The van der Waals surface area contributed by atoms with Crippen molar-refractivity contribution in [3.05, 3.63) is 72.1 Å². The average molecular weight is 686 g/mol. The molecule has 1 unspecified atom stereocenters. The molecule has 0 bridgehead atoms. The fourth-order valence-corrected chi connectivity index (χ4v) is 5.81. The summed E-state index contributed by atoms with van der Waals surface area (Å²) in [6, 6.07) is 16.9. The first-order chi connectivity index (χ1) is 23.7. The largest absolute Gasteiger partial charge is 0.482 e. The molecule has 3 aromatic rings. The van der Waals surface area contributed by atoms with E-state index in [4.69, 9.17) is 14.2 Å². The third-order valence-electron chi connectivity index (χ3n) is 7.86. The molecule has 2 amide bonds. The monoisotopic (exact) mass is 685 g/mol. The predicted octanol–water partition coefficient (Wildman–Crippen LogP) is 4.89. The molecule has 13 heteroatoms. The van der Waals surface area contributed by atoms with Gasteiger partial charge in [-0.2, -0.15) is 0 Å². The van der Waals surface area contributed by atoms with Crippen molar-refractivity contribution in [2.45, 2.75) is 71.1 Å². The Morgan fingerprint density at radius 1 is 0.980 bits per heavy atom. The minimum Gasteiger partial charge on any atom is -0.482 e. The number of carbonyl (C=O) groups excluding carboxylic acids is 3. The van der Waals surface area contributed by atoms with Crippen LogP contribution >= 0.6 is 0 Å².